The molecule has 5 heteroatoms. The molecule has 0 fully saturated rings. The van der Waals surface area contributed by atoms with E-state index in [4.69, 9.17) is 22.0 Å². The molecule has 0 aliphatic carbocycles. The smallest absolute Gasteiger partial charge is 0.144 e. The van der Waals surface area contributed by atoms with Gasteiger partial charge in [-0.15, -0.1) is 0 Å². The fourth-order valence-corrected chi connectivity index (χ4v) is 1.03. The van der Waals surface area contributed by atoms with Gasteiger partial charge in [-0.1, -0.05) is 0 Å². The van der Waals surface area contributed by atoms with E-state index in [9.17, 15) is 0 Å². The van der Waals surface area contributed by atoms with Gasteiger partial charge >= 0.3 is 0 Å². The van der Waals surface area contributed by atoms with Crippen molar-refractivity contribution in [3.05, 3.63) is 16.7 Å². The summed E-state index contributed by atoms with van der Waals surface area (Å²) in [4.78, 5) is 3.69. The van der Waals surface area contributed by atoms with Gasteiger partial charge < -0.3 is 11.5 Å². The Hall–Kier alpha value is -2.27. The van der Waals surface area contributed by atoms with Crippen molar-refractivity contribution in [2.24, 2.45) is 0 Å². The molecule has 1 aromatic heterocycles. The van der Waals surface area contributed by atoms with Gasteiger partial charge in [0.1, 0.15) is 23.8 Å². The highest BCUT2D eigenvalue weighted by Crippen LogP contribution is 2.21. The lowest BCUT2D eigenvalue weighted by molar-refractivity contribution is 1.25. The average molecular weight is 173 g/mol. The zero-order valence-electron chi connectivity index (χ0n) is 7.00. The second kappa shape index (κ2) is 3.00. The number of nitrogen functional groups attached to an aromatic ring is 2. The molecule has 0 atom stereocenters. The van der Waals surface area contributed by atoms with Crippen LogP contribution in [0.3, 0.4) is 0 Å². The molecule has 0 aliphatic heterocycles. The zero-order chi connectivity index (χ0) is 10.0. The van der Waals surface area contributed by atoms with Gasteiger partial charge in [0.15, 0.2) is 0 Å². The molecule has 0 radical (unpaired) electrons. The summed E-state index contributed by atoms with van der Waals surface area (Å²) in [6.07, 6.45) is 0. The van der Waals surface area contributed by atoms with Crippen molar-refractivity contribution in [2.75, 3.05) is 11.5 Å². The van der Waals surface area contributed by atoms with Crippen LogP contribution in [0.5, 0.6) is 0 Å². The second-order valence-electron chi connectivity index (χ2n) is 2.48. The van der Waals surface area contributed by atoms with Crippen molar-refractivity contribution in [3.8, 4) is 12.1 Å². The summed E-state index contributed by atoms with van der Waals surface area (Å²) < 4.78 is 0. The maximum atomic E-state index is 8.69. The van der Waals surface area contributed by atoms with Crippen LogP contribution < -0.4 is 11.5 Å². The van der Waals surface area contributed by atoms with Gasteiger partial charge in [0.05, 0.1) is 11.1 Å². The normalized spacial score (nSPS) is 8.85. The molecule has 0 aromatic carbocycles. The summed E-state index contributed by atoms with van der Waals surface area (Å²) in [7, 11) is 0. The van der Waals surface area contributed by atoms with Gasteiger partial charge in [0.25, 0.3) is 0 Å². The third kappa shape index (κ3) is 1.23. The molecule has 0 saturated carbocycles. The Kier molecular flexibility index (Phi) is 2.03. The minimum atomic E-state index is 0.0662. The van der Waals surface area contributed by atoms with Crippen molar-refractivity contribution >= 4 is 11.6 Å². The number of hydrogen-bond donors (Lipinski definition) is 2. The Bertz CT molecular complexity index is 397. The minimum Gasteiger partial charge on any atom is -0.383 e. The SMILES string of the molecule is Cc1c(C#N)c(N)nc(N)c1C#N. The highest BCUT2D eigenvalue weighted by Gasteiger charge is 2.12. The number of aromatic nitrogens is 1. The molecule has 0 spiro atoms. The molecule has 4 N–H and O–H groups in total. The number of anilines is 2. The number of nitrogens with zero attached hydrogens (tertiary/aromatic N) is 3. The topological polar surface area (TPSA) is 113 Å². The molecule has 13 heavy (non-hydrogen) atoms. The molecule has 5 nitrogen and oxygen atoms in total. The predicted octanol–water partition coefficient (Wildman–Crippen LogP) is 0.298. The van der Waals surface area contributed by atoms with E-state index in [0.29, 0.717) is 5.56 Å². The van der Waals surface area contributed by atoms with Crippen LogP contribution in [0.1, 0.15) is 16.7 Å². The third-order valence-corrected chi connectivity index (χ3v) is 1.73. The molecule has 0 amide bonds. The number of nitrogens with two attached hydrogens (primary N) is 2. The van der Waals surface area contributed by atoms with Gasteiger partial charge in [-0.2, -0.15) is 10.5 Å². The van der Waals surface area contributed by atoms with E-state index in [1.54, 1.807) is 6.92 Å². The third-order valence-electron chi connectivity index (χ3n) is 1.73. The molecule has 1 rings (SSSR count). The van der Waals surface area contributed by atoms with E-state index in [-0.39, 0.29) is 22.8 Å². The van der Waals surface area contributed by atoms with E-state index in [0.717, 1.165) is 0 Å². The summed E-state index contributed by atoms with van der Waals surface area (Å²) in [6.45, 7) is 1.62. The monoisotopic (exact) mass is 173 g/mol. The number of hydrogen-bond acceptors (Lipinski definition) is 5. The first-order valence-corrected chi connectivity index (χ1v) is 3.47. The van der Waals surface area contributed by atoms with Gasteiger partial charge in [0.2, 0.25) is 0 Å². The van der Waals surface area contributed by atoms with Crippen LogP contribution in [0.25, 0.3) is 0 Å². The highest BCUT2D eigenvalue weighted by molar-refractivity contribution is 5.65. The van der Waals surface area contributed by atoms with Crippen molar-refractivity contribution < 1.29 is 0 Å². The van der Waals surface area contributed by atoms with Gasteiger partial charge in [-0.05, 0) is 12.5 Å². The Labute approximate surface area is 75.2 Å². The van der Waals surface area contributed by atoms with Gasteiger partial charge in [-0.25, -0.2) is 4.98 Å². The maximum absolute atomic E-state index is 8.69. The van der Waals surface area contributed by atoms with Crippen LogP contribution in [0.4, 0.5) is 11.6 Å². The summed E-state index contributed by atoms with van der Waals surface area (Å²) >= 11 is 0. The van der Waals surface area contributed by atoms with Crippen LogP contribution >= 0.6 is 0 Å². The van der Waals surface area contributed by atoms with Crippen LogP contribution in [0, 0.1) is 29.6 Å². The van der Waals surface area contributed by atoms with E-state index in [2.05, 4.69) is 4.98 Å². The molecule has 1 heterocycles. The molecular formula is C8H7N5. The van der Waals surface area contributed by atoms with Crippen molar-refractivity contribution in [2.45, 2.75) is 6.92 Å². The maximum Gasteiger partial charge on any atom is 0.144 e. The molecule has 0 saturated heterocycles. The first-order chi connectivity index (χ1) is 6.11. The quantitative estimate of drug-likeness (QED) is 0.585. The van der Waals surface area contributed by atoms with E-state index < -0.39 is 0 Å². The summed E-state index contributed by atoms with van der Waals surface area (Å²) in [5.74, 6) is 0.132. The van der Waals surface area contributed by atoms with E-state index >= 15 is 0 Å². The van der Waals surface area contributed by atoms with E-state index in [1.807, 2.05) is 12.1 Å². The summed E-state index contributed by atoms with van der Waals surface area (Å²) in [6, 6.07) is 3.74. The van der Waals surface area contributed by atoms with Crippen LogP contribution in [-0.4, -0.2) is 4.98 Å². The first kappa shape index (κ1) is 8.82. The fraction of sp³-hybridized carbons (Fsp3) is 0.125. The lowest BCUT2D eigenvalue weighted by Crippen LogP contribution is -2.05. The second-order valence-corrected chi connectivity index (χ2v) is 2.48. The van der Waals surface area contributed by atoms with Crippen molar-refractivity contribution in [1.29, 1.82) is 10.5 Å². The Morgan fingerprint density at radius 1 is 1.08 bits per heavy atom. The molecule has 0 unspecified atom stereocenters. The van der Waals surface area contributed by atoms with Crippen molar-refractivity contribution in [3.63, 3.8) is 0 Å². The number of rotatable bonds is 0. The molecular weight excluding hydrogens is 166 g/mol. The number of nitriles is 2. The Morgan fingerprint density at radius 2 is 1.46 bits per heavy atom. The Balaban J connectivity index is 3.63. The van der Waals surface area contributed by atoms with Crippen LogP contribution in [0.2, 0.25) is 0 Å². The number of pyridine rings is 1. The van der Waals surface area contributed by atoms with Gasteiger partial charge in [-0.3, -0.25) is 0 Å². The standard InChI is InChI=1S/C8H7N5/c1-4-5(2-9)7(11)13-8(12)6(4)3-10/h1H3,(H4,11,12,13). The lowest BCUT2D eigenvalue weighted by atomic mass is 10.1. The van der Waals surface area contributed by atoms with Crippen molar-refractivity contribution in [1.82, 2.24) is 4.98 Å². The molecule has 0 aliphatic rings. The average Bonchev–Trinajstić information content (AvgIpc) is 2.04. The van der Waals surface area contributed by atoms with Crippen LogP contribution in [0.15, 0.2) is 0 Å². The Morgan fingerprint density at radius 3 is 1.77 bits per heavy atom. The zero-order valence-corrected chi connectivity index (χ0v) is 7.00. The van der Waals surface area contributed by atoms with E-state index in [1.165, 1.54) is 0 Å². The first-order valence-electron chi connectivity index (χ1n) is 3.47. The molecule has 64 valence electrons. The lowest BCUT2D eigenvalue weighted by Gasteiger charge is -2.05. The summed E-state index contributed by atoms with van der Waals surface area (Å²) in [5.41, 5.74) is 11.8. The minimum absolute atomic E-state index is 0.0662. The van der Waals surface area contributed by atoms with Gasteiger partial charge in [0, 0.05) is 0 Å². The highest BCUT2D eigenvalue weighted by atomic mass is 14.9. The fourth-order valence-electron chi connectivity index (χ4n) is 1.03. The summed E-state index contributed by atoms with van der Waals surface area (Å²) in [5, 5.41) is 17.4. The van der Waals surface area contributed by atoms with Crippen LogP contribution in [-0.2, 0) is 0 Å². The molecule has 0 bridgehead atoms. The molecule has 1 aromatic rings. The predicted molar refractivity (Wildman–Crippen MR) is 47.2 cm³/mol. The largest absolute Gasteiger partial charge is 0.383 e.